The molecule has 0 aliphatic rings. The maximum atomic E-state index is 12.6. The molecule has 2 rings (SSSR count). The number of ether oxygens (including phenoxy) is 1. The predicted octanol–water partition coefficient (Wildman–Crippen LogP) is 1.61. The number of nitrogens with one attached hydrogen (secondary N) is 1. The van der Waals surface area contributed by atoms with Gasteiger partial charge in [0.05, 0.1) is 21.5 Å². The van der Waals surface area contributed by atoms with Crippen molar-refractivity contribution in [2.24, 2.45) is 12.8 Å². The molecule has 0 aromatic carbocycles. The molecular formula is C15H17N5O6S. The number of anilines is 1. The molecule has 11 nitrogen and oxygen atoms in total. The fourth-order valence-corrected chi connectivity index (χ4v) is 3.38. The molecule has 2 aromatic heterocycles. The molecule has 0 saturated heterocycles. The lowest BCUT2D eigenvalue weighted by molar-refractivity contribution is -0.385. The van der Waals surface area contributed by atoms with Crippen LogP contribution < -0.4 is 11.1 Å². The highest BCUT2D eigenvalue weighted by molar-refractivity contribution is 7.18. The molecular weight excluding hydrogens is 378 g/mol. The van der Waals surface area contributed by atoms with Crippen molar-refractivity contribution in [1.82, 2.24) is 9.78 Å². The van der Waals surface area contributed by atoms with Crippen molar-refractivity contribution in [2.45, 2.75) is 26.9 Å². The van der Waals surface area contributed by atoms with Gasteiger partial charge in [0, 0.05) is 7.05 Å². The SMILES string of the molecule is Cc1c(C(N)=O)sc(NC(=O)c2c([N+](=O)[O-])cnn2C)c1C(=O)OC(C)C. The van der Waals surface area contributed by atoms with Gasteiger partial charge in [0.15, 0.2) is 0 Å². The first-order valence-electron chi connectivity index (χ1n) is 7.66. The van der Waals surface area contributed by atoms with E-state index in [1.165, 1.54) is 14.0 Å². The summed E-state index contributed by atoms with van der Waals surface area (Å²) in [7, 11) is 1.37. The maximum Gasteiger partial charge on any atom is 0.341 e. The van der Waals surface area contributed by atoms with E-state index < -0.39 is 34.5 Å². The summed E-state index contributed by atoms with van der Waals surface area (Å²) in [4.78, 5) is 47.0. The first kappa shape index (κ1) is 20.0. The molecule has 2 heterocycles. The number of aryl methyl sites for hydroxylation is 1. The van der Waals surface area contributed by atoms with E-state index in [-0.39, 0.29) is 26.7 Å². The number of esters is 1. The zero-order valence-electron chi connectivity index (χ0n) is 14.9. The summed E-state index contributed by atoms with van der Waals surface area (Å²) in [5, 5.41) is 17.2. The van der Waals surface area contributed by atoms with Crippen LogP contribution in [0.1, 0.15) is 49.9 Å². The van der Waals surface area contributed by atoms with Crippen LogP contribution in [0.2, 0.25) is 0 Å². The number of carbonyl (C=O) groups excluding carboxylic acids is 3. The summed E-state index contributed by atoms with van der Waals surface area (Å²) in [6, 6.07) is 0. The number of amides is 2. The highest BCUT2D eigenvalue weighted by Gasteiger charge is 2.30. The van der Waals surface area contributed by atoms with E-state index in [0.29, 0.717) is 0 Å². The molecule has 0 radical (unpaired) electrons. The largest absolute Gasteiger partial charge is 0.459 e. The second-order valence-electron chi connectivity index (χ2n) is 5.79. The van der Waals surface area contributed by atoms with Crippen LogP contribution in [0, 0.1) is 17.0 Å². The summed E-state index contributed by atoms with van der Waals surface area (Å²) in [6.07, 6.45) is 0.507. The molecule has 2 amide bonds. The summed E-state index contributed by atoms with van der Waals surface area (Å²) in [6.45, 7) is 4.79. The molecule has 3 N–H and O–H groups in total. The van der Waals surface area contributed by atoms with Crippen LogP contribution >= 0.6 is 11.3 Å². The number of nitro groups is 1. The van der Waals surface area contributed by atoms with Crippen LogP contribution in [-0.4, -0.2) is 38.6 Å². The number of carbonyl (C=O) groups is 3. The van der Waals surface area contributed by atoms with Crippen molar-refractivity contribution in [1.29, 1.82) is 0 Å². The Labute approximate surface area is 157 Å². The Morgan fingerprint density at radius 3 is 2.56 bits per heavy atom. The Morgan fingerprint density at radius 1 is 1.41 bits per heavy atom. The fraction of sp³-hybridized carbons (Fsp3) is 0.333. The summed E-state index contributed by atoms with van der Waals surface area (Å²) >= 11 is 0.789. The lowest BCUT2D eigenvalue weighted by Gasteiger charge is -2.10. The quantitative estimate of drug-likeness (QED) is 0.427. The monoisotopic (exact) mass is 395 g/mol. The van der Waals surface area contributed by atoms with E-state index in [1.54, 1.807) is 13.8 Å². The van der Waals surface area contributed by atoms with Crippen molar-refractivity contribution in [3.8, 4) is 0 Å². The van der Waals surface area contributed by atoms with E-state index in [0.717, 1.165) is 22.2 Å². The van der Waals surface area contributed by atoms with Crippen LogP contribution in [0.15, 0.2) is 6.20 Å². The molecule has 0 unspecified atom stereocenters. The molecule has 0 aliphatic heterocycles. The number of rotatable bonds is 6. The number of primary amides is 1. The molecule has 27 heavy (non-hydrogen) atoms. The van der Waals surface area contributed by atoms with Gasteiger partial charge in [-0.15, -0.1) is 11.3 Å². The minimum atomic E-state index is -0.863. The molecule has 0 atom stereocenters. The summed E-state index contributed by atoms with van der Waals surface area (Å²) < 4.78 is 6.18. The van der Waals surface area contributed by atoms with Gasteiger partial charge in [-0.3, -0.25) is 24.4 Å². The van der Waals surface area contributed by atoms with Gasteiger partial charge in [0.25, 0.3) is 11.8 Å². The third-order valence-corrected chi connectivity index (χ3v) is 4.70. The zero-order valence-corrected chi connectivity index (χ0v) is 15.7. The molecule has 12 heteroatoms. The fourth-order valence-electron chi connectivity index (χ4n) is 2.34. The Morgan fingerprint density at radius 2 is 2.04 bits per heavy atom. The van der Waals surface area contributed by atoms with Crippen LogP contribution in [0.3, 0.4) is 0 Å². The van der Waals surface area contributed by atoms with E-state index in [4.69, 9.17) is 10.5 Å². The average Bonchev–Trinajstić information content (AvgIpc) is 3.07. The van der Waals surface area contributed by atoms with Crippen molar-refractivity contribution in [3.05, 3.63) is 38.0 Å². The number of hydrogen-bond donors (Lipinski definition) is 2. The zero-order chi connectivity index (χ0) is 20.5. The van der Waals surface area contributed by atoms with Gasteiger partial charge in [-0.1, -0.05) is 0 Å². The van der Waals surface area contributed by atoms with Gasteiger partial charge in [-0.2, -0.15) is 5.10 Å². The molecule has 0 aliphatic carbocycles. The standard InChI is InChI=1S/C15H17N5O6S/c1-6(2)26-15(23)9-7(3)11(12(16)21)27-14(9)18-13(22)10-8(20(24)25)5-17-19(10)4/h5-6H,1-4H3,(H2,16,21)(H,18,22). The van der Waals surface area contributed by atoms with Gasteiger partial charge in [-0.25, -0.2) is 4.79 Å². The number of aromatic nitrogens is 2. The third-order valence-electron chi connectivity index (χ3n) is 3.48. The van der Waals surface area contributed by atoms with Gasteiger partial charge in [0.1, 0.15) is 11.2 Å². The number of nitrogens with zero attached hydrogens (tertiary/aromatic N) is 3. The lowest BCUT2D eigenvalue weighted by Crippen LogP contribution is -2.19. The van der Waals surface area contributed by atoms with Gasteiger partial charge < -0.3 is 15.8 Å². The highest BCUT2D eigenvalue weighted by atomic mass is 32.1. The molecule has 0 spiro atoms. The molecule has 0 saturated carbocycles. The Balaban J connectivity index is 2.49. The molecule has 2 aromatic rings. The predicted molar refractivity (Wildman–Crippen MR) is 95.9 cm³/mol. The Hall–Kier alpha value is -3.28. The van der Waals surface area contributed by atoms with Crippen LogP contribution in [-0.2, 0) is 11.8 Å². The Kier molecular flexibility index (Phi) is 5.59. The molecule has 0 bridgehead atoms. The van der Waals surface area contributed by atoms with Crippen LogP contribution in [0.25, 0.3) is 0 Å². The van der Waals surface area contributed by atoms with E-state index in [1.807, 2.05) is 0 Å². The highest BCUT2D eigenvalue weighted by Crippen LogP contribution is 2.34. The first-order valence-corrected chi connectivity index (χ1v) is 8.48. The lowest BCUT2D eigenvalue weighted by atomic mass is 10.1. The Bertz CT molecular complexity index is 945. The van der Waals surface area contributed by atoms with Crippen molar-refractivity contribution >= 4 is 39.8 Å². The maximum absolute atomic E-state index is 12.6. The second-order valence-corrected chi connectivity index (χ2v) is 6.81. The van der Waals surface area contributed by atoms with Crippen molar-refractivity contribution in [2.75, 3.05) is 5.32 Å². The third kappa shape index (κ3) is 3.95. The summed E-state index contributed by atoms with van der Waals surface area (Å²) in [5.74, 6) is -2.39. The number of nitrogens with two attached hydrogens (primary N) is 1. The minimum Gasteiger partial charge on any atom is -0.459 e. The average molecular weight is 395 g/mol. The molecule has 144 valence electrons. The topological polar surface area (TPSA) is 159 Å². The van der Waals surface area contributed by atoms with Gasteiger partial charge in [0.2, 0.25) is 5.69 Å². The van der Waals surface area contributed by atoms with Crippen LogP contribution in [0.5, 0.6) is 0 Å². The normalized spacial score (nSPS) is 10.7. The van der Waals surface area contributed by atoms with Crippen molar-refractivity contribution < 1.29 is 24.0 Å². The van der Waals surface area contributed by atoms with E-state index >= 15 is 0 Å². The molecule has 0 fully saturated rings. The van der Waals surface area contributed by atoms with E-state index in [9.17, 15) is 24.5 Å². The van der Waals surface area contributed by atoms with Crippen LogP contribution in [0.4, 0.5) is 10.7 Å². The smallest absolute Gasteiger partial charge is 0.341 e. The van der Waals surface area contributed by atoms with E-state index in [2.05, 4.69) is 10.4 Å². The van der Waals surface area contributed by atoms with Crippen molar-refractivity contribution in [3.63, 3.8) is 0 Å². The minimum absolute atomic E-state index is 0.00690. The first-order chi connectivity index (χ1) is 12.5. The number of thiophene rings is 1. The second kappa shape index (κ2) is 7.53. The van der Waals surface area contributed by atoms with Gasteiger partial charge >= 0.3 is 11.7 Å². The number of hydrogen-bond acceptors (Lipinski definition) is 8. The summed E-state index contributed by atoms with van der Waals surface area (Å²) in [5.41, 5.74) is 4.74. The van der Waals surface area contributed by atoms with Gasteiger partial charge in [-0.05, 0) is 26.3 Å².